The van der Waals surface area contributed by atoms with E-state index >= 15 is 0 Å². The van der Waals surface area contributed by atoms with Crippen LogP contribution in [-0.2, 0) is 6.54 Å². The summed E-state index contributed by atoms with van der Waals surface area (Å²) in [6.45, 7) is 1.68. The van der Waals surface area contributed by atoms with Gasteiger partial charge in [0.15, 0.2) is 11.6 Å². The van der Waals surface area contributed by atoms with Crippen LogP contribution in [-0.4, -0.2) is 5.16 Å². The van der Waals surface area contributed by atoms with Gasteiger partial charge in [0.2, 0.25) is 0 Å². The third-order valence-corrected chi connectivity index (χ3v) is 2.29. The van der Waals surface area contributed by atoms with Gasteiger partial charge in [0, 0.05) is 18.2 Å². The molecule has 0 saturated carbocycles. The highest BCUT2D eigenvalue weighted by atomic mass is 19.1. The molecule has 0 aliphatic carbocycles. The third-order valence-electron chi connectivity index (χ3n) is 2.29. The Bertz CT molecular complexity index is 540. The second kappa shape index (κ2) is 4.40. The number of aryl methyl sites for hydroxylation is 1. The van der Waals surface area contributed by atoms with Crippen molar-refractivity contribution in [2.45, 2.75) is 13.5 Å². The molecule has 2 rings (SSSR count). The fraction of sp³-hybridized carbons (Fsp3) is 0.182. The van der Waals surface area contributed by atoms with Crippen LogP contribution in [0.5, 0.6) is 0 Å². The van der Waals surface area contributed by atoms with Crippen molar-refractivity contribution in [3.05, 3.63) is 41.2 Å². The molecule has 90 valence electrons. The molecule has 0 fully saturated rings. The molecule has 1 aromatic carbocycles. The number of hydrogen-bond acceptors (Lipinski definition) is 4. The summed E-state index contributed by atoms with van der Waals surface area (Å²) in [5.74, 6) is -0.369. The van der Waals surface area contributed by atoms with Crippen molar-refractivity contribution in [3.8, 4) is 0 Å². The number of nitrogens with two attached hydrogens (primary N) is 1. The first-order chi connectivity index (χ1) is 8.08. The molecule has 4 nitrogen and oxygen atoms in total. The van der Waals surface area contributed by atoms with Gasteiger partial charge in [0.05, 0.1) is 5.69 Å². The zero-order chi connectivity index (χ0) is 12.4. The molecule has 2 aromatic rings. The van der Waals surface area contributed by atoms with E-state index in [1.807, 2.05) is 0 Å². The average molecular weight is 239 g/mol. The number of nitrogens with one attached hydrogen (secondary N) is 1. The minimum Gasteiger partial charge on any atom is -0.396 e. The Kier molecular flexibility index (Phi) is 2.95. The van der Waals surface area contributed by atoms with Gasteiger partial charge in [-0.25, -0.2) is 8.78 Å². The van der Waals surface area contributed by atoms with Crippen LogP contribution >= 0.6 is 0 Å². The van der Waals surface area contributed by atoms with E-state index in [1.165, 1.54) is 6.07 Å². The molecule has 0 atom stereocenters. The molecule has 0 unspecified atom stereocenters. The fourth-order valence-electron chi connectivity index (χ4n) is 1.41. The number of aromatic nitrogens is 1. The Balaban J connectivity index is 2.16. The van der Waals surface area contributed by atoms with Gasteiger partial charge in [-0.3, -0.25) is 0 Å². The third kappa shape index (κ3) is 2.35. The lowest BCUT2D eigenvalue weighted by molar-refractivity contribution is 0.399. The van der Waals surface area contributed by atoms with Gasteiger partial charge in [-0.1, -0.05) is 5.16 Å². The van der Waals surface area contributed by atoms with Crippen molar-refractivity contribution < 1.29 is 13.3 Å². The molecule has 0 saturated heterocycles. The standard InChI is InChI=1S/C11H11F2N3O/c1-6-4-10(16-17-6)15-5-7-8(12)2-3-9(14)11(7)13/h2-4H,5,14H2,1H3,(H,15,16). The van der Waals surface area contributed by atoms with E-state index in [4.69, 9.17) is 10.3 Å². The number of halogens is 2. The largest absolute Gasteiger partial charge is 0.396 e. The Labute approximate surface area is 96.4 Å². The summed E-state index contributed by atoms with van der Waals surface area (Å²) in [5.41, 5.74) is 5.16. The van der Waals surface area contributed by atoms with E-state index in [9.17, 15) is 8.78 Å². The first kappa shape index (κ1) is 11.4. The zero-order valence-electron chi connectivity index (χ0n) is 9.13. The summed E-state index contributed by atoms with van der Waals surface area (Å²) in [6, 6.07) is 3.94. The van der Waals surface area contributed by atoms with E-state index < -0.39 is 11.6 Å². The number of benzene rings is 1. The number of nitrogen functional groups attached to an aromatic ring is 1. The fourth-order valence-corrected chi connectivity index (χ4v) is 1.41. The van der Waals surface area contributed by atoms with Crippen LogP contribution in [0.25, 0.3) is 0 Å². The first-order valence-corrected chi connectivity index (χ1v) is 4.97. The molecule has 0 amide bonds. The van der Waals surface area contributed by atoms with E-state index in [0.717, 1.165) is 6.07 Å². The number of hydrogen-bond donors (Lipinski definition) is 2. The van der Waals surface area contributed by atoms with E-state index in [2.05, 4.69) is 10.5 Å². The smallest absolute Gasteiger partial charge is 0.169 e. The SMILES string of the molecule is Cc1cc(NCc2c(F)ccc(N)c2F)no1. The van der Waals surface area contributed by atoms with Gasteiger partial charge < -0.3 is 15.6 Å². The molecule has 17 heavy (non-hydrogen) atoms. The number of rotatable bonds is 3. The Hall–Kier alpha value is -2.11. The summed E-state index contributed by atoms with van der Waals surface area (Å²) in [7, 11) is 0. The van der Waals surface area contributed by atoms with Crippen LogP contribution in [0.15, 0.2) is 22.7 Å². The summed E-state index contributed by atoms with van der Waals surface area (Å²) in [5, 5.41) is 6.40. The average Bonchev–Trinajstić information content (AvgIpc) is 2.70. The predicted octanol–water partition coefficient (Wildman–Crippen LogP) is 2.46. The lowest BCUT2D eigenvalue weighted by atomic mass is 10.1. The maximum absolute atomic E-state index is 13.5. The maximum Gasteiger partial charge on any atom is 0.169 e. The highest BCUT2D eigenvalue weighted by Crippen LogP contribution is 2.19. The van der Waals surface area contributed by atoms with Gasteiger partial charge in [-0.2, -0.15) is 0 Å². The number of anilines is 2. The van der Waals surface area contributed by atoms with Gasteiger partial charge in [0.25, 0.3) is 0 Å². The Morgan fingerprint density at radius 3 is 2.82 bits per heavy atom. The van der Waals surface area contributed by atoms with Crippen LogP contribution in [0.1, 0.15) is 11.3 Å². The molecule has 6 heteroatoms. The molecule has 0 spiro atoms. The van der Waals surface area contributed by atoms with Crippen LogP contribution in [0.2, 0.25) is 0 Å². The molecular formula is C11H11F2N3O. The van der Waals surface area contributed by atoms with Crippen LogP contribution in [0.4, 0.5) is 20.3 Å². The number of nitrogens with zero attached hydrogens (tertiary/aromatic N) is 1. The van der Waals surface area contributed by atoms with Crippen molar-refractivity contribution in [2.75, 3.05) is 11.1 Å². The summed E-state index contributed by atoms with van der Waals surface area (Å²) >= 11 is 0. The van der Waals surface area contributed by atoms with Crippen LogP contribution < -0.4 is 11.1 Å². The second-order valence-corrected chi connectivity index (χ2v) is 3.61. The molecule has 1 aromatic heterocycles. The van der Waals surface area contributed by atoms with Crippen LogP contribution in [0, 0.1) is 18.6 Å². The van der Waals surface area contributed by atoms with Crippen molar-refractivity contribution in [3.63, 3.8) is 0 Å². The lowest BCUT2D eigenvalue weighted by Gasteiger charge is -2.07. The van der Waals surface area contributed by atoms with E-state index in [-0.39, 0.29) is 17.8 Å². The maximum atomic E-state index is 13.5. The predicted molar refractivity (Wildman–Crippen MR) is 59.3 cm³/mol. The molecule has 1 heterocycles. The normalized spacial score (nSPS) is 10.5. The van der Waals surface area contributed by atoms with Gasteiger partial charge in [-0.15, -0.1) is 0 Å². The monoisotopic (exact) mass is 239 g/mol. The minimum absolute atomic E-state index is 0.0469. The molecule has 0 radical (unpaired) electrons. The van der Waals surface area contributed by atoms with Crippen molar-refractivity contribution >= 4 is 11.5 Å². The molecule has 0 aliphatic rings. The minimum atomic E-state index is -0.752. The molecule has 3 N–H and O–H groups in total. The molecular weight excluding hydrogens is 228 g/mol. The van der Waals surface area contributed by atoms with E-state index in [0.29, 0.717) is 11.6 Å². The Morgan fingerprint density at radius 2 is 2.18 bits per heavy atom. The van der Waals surface area contributed by atoms with Gasteiger partial charge in [-0.05, 0) is 19.1 Å². The lowest BCUT2D eigenvalue weighted by Crippen LogP contribution is -2.06. The van der Waals surface area contributed by atoms with Crippen molar-refractivity contribution in [1.82, 2.24) is 5.16 Å². The summed E-state index contributed by atoms with van der Waals surface area (Å²) < 4.78 is 31.7. The quantitative estimate of drug-likeness (QED) is 0.807. The zero-order valence-corrected chi connectivity index (χ0v) is 9.13. The highest BCUT2D eigenvalue weighted by molar-refractivity contribution is 5.45. The van der Waals surface area contributed by atoms with Crippen LogP contribution in [0.3, 0.4) is 0 Å². The van der Waals surface area contributed by atoms with Gasteiger partial charge in [0.1, 0.15) is 11.6 Å². The Morgan fingerprint density at radius 1 is 1.41 bits per heavy atom. The molecule has 0 aliphatic heterocycles. The summed E-state index contributed by atoms with van der Waals surface area (Å²) in [6.07, 6.45) is 0. The van der Waals surface area contributed by atoms with E-state index in [1.54, 1.807) is 13.0 Å². The second-order valence-electron chi connectivity index (χ2n) is 3.61. The molecule has 0 bridgehead atoms. The van der Waals surface area contributed by atoms with Gasteiger partial charge >= 0.3 is 0 Å². The van der Waals surface area contributed by atoms with Crippen molar-refractivity contribution in [2.24, 2.45) is 0 Å². The van der Waals surface area contributed by atoms with Crippen molar-refractivity contribution in [1.29, 1.82) is 0 Å². The summed E-state index contributed by atoms with van der Waals surface area (Å²) in [4.78, 5) is 0. The highest BCUT2D eigenvalue weighted by Gasteiger charge is 2.12. The first-order valence-electron chi connectivity index (χ1n) is 4.97. The topological polar surface area (TPSA) is 64.1 Å².